The van der Waals surface area contributed by atoms with Crippen LogP contribution in [0.3, 0.4) is 0 Å². The second-order valence-electron chi connectivity index (χ2n) is 10.0. The molecule has 4 rings (SSSR count). The zero-order valence-electron chi connectivity index (χ0n) is 21.1. The number of halogens is 4. The molecule has 196 valence electrons. The molecule has 1 aliphatic carbocycles. The number of hydrogen-bond donors (Lipinski definition) is 1. The van der Waals surface area contributed by atoms with Gasteiger partial charge in [0.15, 0.2) is 0 Å². The van der Waals surface area contributed by atoms with E-state index >= 15 is 0 Å². The lowest BCUT2D eigenvalue weighted by Crippen LogP contribution is -2.33. The predicted octanol–water partition coefficient (Wildman–Crippen LogP) is 8.33. The summed E-state index contributed by atoms with van der Waals surface area (Å²) in [4.78, 5) is 15.5. The maximum atomic E-state index is 13.8. The van der Waals surface area contributed by atoms with Gasteiger partial charge in [0, 0.05) is 29.8 Å². The van der Waals surface area contributed by atoms with Crippen molar-refractivity contribution in [2.75, 3.05) is 11.9 Å². The topological polar surface area (TPSA) is 32.3 Å². The van der Waals surface area contributed by atoms with Crippen molar-refractivity contribution in [3.05, 3.63) is 99.6 Å². The average molecular weight is 529 g/mol. The quantitative estimate of drug-likeness (QED) is 0.303. The van der Waals surface area contributed by atoms with E-state index in [0.717, 1.165) is 17.7 Å². The minimum Gasteiger partial charge on any atom is -0.382 e. The zero-order valence-corrected chi connectivity index (χ0v) is 21.9. The molecule has 1 fully saturated rings. The summed E-state index contributed by atoms with van der Waals surface area (Å²) in [6.45, 7) is 4.57. The van der Waals surface area contributed by atoms with Crippen LogP contribution in [0.5, 0.6) is 0 Å². The smallest absolute Gasteiger partial charge is 0.382 e. The maximum absolute atomic E-state index is 13.8. The Morgan fingerprint density at radius 2 is 1.76 bits per heavy atom. The molecule has 0 spiro atoms. The second kappa shape index (κ2) is 11.6. The van der Waals surface area contributed by atoms with Gasteiger partial charge in [0.25, 0.3) is 5.91 Å². The first-order chi connectivity index (χ1) is 17.6. The molecule has 0 heterocycles. The second-order valence-corrected chi connectivity index (χ2v) is 10.5. The van der Waals surface area contributed by atoms with Gasteiger partial charge in [-0.3, -0.25) is 4.79 Å². The number of rotatable bonds is 9. The predicted molar refractivity (Wildman–Crippen MR) is 143 cm³/mol. The van der Waals surface area contributed by atoms with Crippen molar-refractivity contribution >= 4 is 23.2 Å². The molecule has 1 amide bonds. The number of anilines is 1. The Kier molecular flexibility index (Phi) is 8.48. The normalized spacial score (nSPS) is 13.9. The Hall–Kier alpha value is -2.99. The van der Waals surface area contributed by atoms with E-state index in [1.54, 1.807) is 29.2 Å². The molecule has 0 aromatic heterocycles. The van der Waals surface area contributed by atoms with Crippen LogP contribution in [0.4, 0.5) is 18.9 Å². The Morgan fingerprint density at radius 1 is 1.03 bits per heavy atom. The fourth-order valence-corrected chi connectivity index (χ4v) is 4.75. The van der Waals surface area contributed by atoms with Crippen molar-refractivity contribution in [1.29, 1.82) is 0 Å². The number of carbonyl (C=O) groups is 1. The summed E-state index contributed by atoms with van der Waals surface area (Å²) in [5.41, 5.74) is 3.24. The van der Waals surface area contributed by atoms with E-state index in [9.17, 15) is 18.0 Å². The Labute approximate surface area is 221 Å². The van der Waals surface area contributed by atoms with Gasteiger partial charge < -0.3 is 10.2 Å². The van der Waals surface area contributed by atoms with Crippen molar-refractivity contribution in [3.8, 4) is 0 Å². The third kappa shape index (κ3) is 7.07. The molecule has 1 N–H and O–H groups in total. The van der Waals surface area contributed by atoms with Gasteiger partial charge in [-0.25, -0.2) is 0 Å². The summed E-state index contributed by atoms with van der Waals surface area (Å²) in [5.74, 6) is 0.393. The molecule has 0 saturated heterocycles. The van der Waals surface area contributed by atoms with Crippen LogP contribution in [0.25, 0.3) is 0 Å². The van der Waals surface area contributed by atoms with Gasteiger partial charge in [-0.15, -0.1) is 0 Å². The van der Waals surface area contributed by atoms with E-state index in [4.69, 9.17) is 11.6 Å². The van der Waals surface area contributed by atoms with Crippen molar-refractivity contribution in [1.82, 2.24) is 4.90 Å². The van der Waals surface area contributed by atoms with Gasteiger partial charge in [-0.2, -0.15) is 13.2 Å². The van der Waals surface area contributed by atoms with Crippen molar-refractivity contribution < 1.29 is 18.0 Å². The molecule has 0 atom stereocenters. The number of benzene rings is 3. The number of nitrogens with zero attached hydrogens (tertiary/aromatic N) is 1. The molecule has 0 radical (unpaired) electrons. The number of carbonyl (C=O) groups excluding carboxylic acids is 1. The van der Waals surface area contributed by atoms with Gasteiger partial charge in [-0.05, 0) is 80.0 Å². The fourth-order valence-electron chi connectivity index (χ4n) is 4.58. The first kappa shape index (κ1) is 27.1. The van der Waals surface area contributed by atoms with Crippen LogP contribution in [0.1, 0.15) is 71.6 Å². The highest BCUT2D eigenvalue weighted by atomic mass is 35.5. The molecule has 37 heavy (non-hydrogen) atoms. The first-order valence-corrected chi connectivity index (χ1v) is 13.1. The van der Waals surface area contributed by atoms with Crippen LogP contribution in [-0.2, 0) is 19.1 Å². The van der Waals surface area contributed by atoms with E-state index < -0.39 is 11.7 Å². The summed E-state index contributed by atoms with van der Waals surface area (Å²) in [6, 6.07) is 18.9. The van der Waals surface area contributed by atoms with E-state index in [2.05, 4.69) is 17.4 Å². The Morgan fingerprint density at radius 3 is 2.38 bits per heavy atom. The first-order valence-electron chi connectivity index (χ1n) is 12.7. The molecule has 3 aromatic carbocycles. The number of alkyl halides is 3. The molecule has 3 nitrogen and oxygen atoms in total. The Balaban J connectivity index is 1.60. The van der Waals surface area contributed by atoms with Gasteiger partial charge in [0.05, 0.1) is 11.1 Å². The van der Waals surface area contributed by atoms with Crippen molar-refractivity contribution in [2.24, 2.45) is 0 Å². The van der Waals surface area contributed by atoms with E-state index in [-0.39, 0.29) is 18.5 Å². The molecular weight excluding hydrogens is 497 g/mol. The van der Waals surface area contributed by atoms with E-state index in [1.165, 1.54) is 30.9 Å². The van der Waals surface area contributed by atoms with Crippen LogP contribution in [0.2, 0.25) is 5.02 Å². The highest BCUT2D eigenvalue weighted by Crippen LogP contribution is 2.36. The van der Waals surface area contributed by atoms with Crippen LogP contribution < -0.4 is 5.32 Å². The van der Waals surface area contributed by atoms with Crippen LogP contribution in [0.15, 0.2) is 66.7 Å². The van der Waals surface area contributed by atoms with Crippen LogP contribution >= 0.6 is 11.6 Å². The number of amides is 1. The lowest BCUT2D eigenvalue weighted by atomic mass is 9.80. The molecule has 1 aliphatic rings. The van der Waals surface area contributed by atoms with Gasteiger partial charge in [0.1, 0.15) is 0 Å². The summed E-state index contributed by atoms with van der Waals surface area (Å²) in [5, 5.41) is 3.74. The molecule has 3 aromatic rings. The third-order valence-electron chi connectivity index (χ3n) is 6.80. The fraction of sp³-hybridized carbons (Fsp3) is 0.367. The summed E-state index contributed by atoms with van der Waals surface area (Å²) >= 11 is 6.26. The minimum absolute atomic E-state index is 0.102. The average Bonchev–Trinajstić information content (AvgIpc) is 2.82. The lowest BCUT2D eigenvalue weighted by Gasteiger charge is -2.27. The summed E-state index contributed by atoms with van der Waals surface area (Å²) in [6.07, 6.45) is -0.436. The standard InChI is InChI=1S/C30H32ClF3N2O/c1-20(2)35-28-14-13-26(31)18-27(28)29(37)36(16-15-21-5-3-8-25(17-21)30(32,33)34)19-22-9-11-24(12-10-22)23-6-4-7-23/h3,5,8-14,17-18,20,23,35H,4,6-7,15-16,19H2,1-2H3. The largest absolute Gasteiger partial charge is 0.416 e. The molecule has 7 heteroatoms. The SMILES string of the molecule is CC(C)Nc1ccc(Cl)cc1C(=O)N(CCc1cccc(C(F)(F)F)c1)Cc1ccc(C2CCC2)cc1. The number of hydrogen-bond acceptors (Lipinski definition) is 2. The van der Waals surface area contributed by atoms with Gasteiger partial charge >= 0.3 is 6.18 Å². The van der Waals surface area contributed by atoms with Gasteiger partial charge in [-0.1, -0.05) is 60.5 Å². The van der Waals surface area contributed by atoms with Crippen molar-refractivity contribution in [3.63, 3.8) is 0 Å². The van der Waals surface area contributed by atoms with Crippen LogP contribution in [-0.4, -0.2) is 23.4 Å². The highest BCUT2D eigenvalue weighted by molar-refractivity contribution is 6.31. The lowest BCUT2D eigenvalue weighted by molar-refractivity contribution is -0.137. The maximum Gasteiger partial charge on any atom is 0.416 e. The van der Waals surface area contributed by atoms with E-state index in [1.807, 2.05) is 26.0 Å². The monoisotopic (exact) mass is 528 g/mol. The molecule has 0 bridgehead atoms. The molecule has 0 unspecified atom stereocenters. The van der Waals surface area contributed by atoms with Gasteiger partial charge in [0.2, 0.25) is 0 Å². The summed E-state index contributed by atoms with van der Waals surface area (Å²) in [7, 11) is 0. The third-order valence-corrected chi connectivity index (χ3v) is 7.03. The molecule has 0 aliphatic heterocycles. The number of nitrogens with one attached hydrogen (secondary N) is 1. The zero-order chi connectivity index (χ0) is 26.6. The molecular formula is C30H32ClF3N2O. The minimum atomic E-state index is -4.41. The highest BCUT2D eigenvalue weighted by Gasteiger charge is 2.30. The van der Waals surface area contributed by atoms with Crippen molar-refractivity contribution in [2.45, 2.75) is 64.2 Å². The summed E-state index contributed by atoms with van der Waals surface area (Å²) < 4.78 is 39.7. The molecule has 1 saturated carbocycles. The van der Waals surface area contributed by atoms with E-state index in [0.29, 0.717) is 40.7 Å². The van der Waals surface area contributed by atoms with Crippen LogP contribution in [0, 0.1) is 0 Å². The Bertz CT molecular complexity index is 1220.